The number of ether oxygens (including phenoxy) is 1. The molecule has 1 aromatic carbocycles. The number of hydrogen-bond acceptors (Lipinski definition) is 6. The highest BCUT2D eigenvalue weighted by molar-refractivity contribution is 6.37. The number of hydrogen-bond donors (Lipinski definition) is 1. The fraction of sp³-hybridized carbons (Fsp3) is 0.381. The van der Waals surface area contributed by atoms with Crippen molar-refractivity contribution in [2.45, 2.75) is 32.0 Å². The van der Waals surface area contributed by atoms with Gasteiger partial charge in [-0.05, 0) is 51.1 Å². The third kappa shape index (κ3) is 4.51. The van der Waals surface area contributed by atoms with Gasteiger partial charge in [-0.25, -0.2) is 9.37 Å². The molecule has 33 heavy (non-hydrogen) atoms. The summed E-state index contributed by atoms with van der Waals surface area (Å²) in [7, 11) is 1.96. The van der Waals surface area contributed by atoms with Gasteiger partial charge in [-0.1, -0.05) is 23.2 Å². The summed E-state index contributed by atoms with van der Waals surface area (Å²) in [6, 6.07) is 2.21. The van der Waals surface area contributed by atoms with Crippen LogP contribution in [-0.2, 0) is 6.18 Å². The second kappa shape index (κ2) is 8.73. The molecule has 1 aliphatic heterocycles. The zero-order chi connectivity index (χ0) is 24.1. The Morgan fingerprint density at radius 2 is 1.94 bits per heavy atom. The molecule has 1 aliphatic rings. The Morgan fingerprint density at radius 1 is 1.21 bits per heavy atom. The van der Waals surface area contributed by atoms with Crippen LogP contribution in [0.15, 0.2) is 12.1 Å². The third-order valence-electron chi connectivity index (χ3n) is 5.65. The number of halogens is 6. The fourth-order valence-corrected chi connectivity index (χ4v) is 4.52. The van der Waals surface area contributed by atoms with Gasteiger partial charge < -0.3 is 15.4 Å². The van der Waals surface area contributed by atoms with E-state index in [0.29, 0.717) is 0 Å². The molecular weight excluding hydrogens is 485 g/mol. The van der Waals surface area contributed by atoms with Crippen LogP contribution in [0.2, 0.25) is 10.2 Å². The zero-order valence-electron chi connectivity index (χ0n) is 17.6. The molecular formula is C21H19Cl2F4N5O. The van der Waals surface area contributed by atoms with Crippen LogP contribution in [0.3, 0.4) is 0 Å². The molecule has 1 atom stereocenters. The molecule has 12 heteroatoms. The van der Waals surface area contributed by atoms with E-state index in [1.807, 2.05) is 7.05 Å². The van der Waals surface area contributed by atoms with E-state index >= 15 is 4.39 Å². The Balaban J connectivity index is 1.86. The first-order chi connectivity index (χ1) is 15.5. The highest BCUT2D eigenvalue weighted by Crippen LogP contribution is 2.44. The predicted molar refractivity (Wildman–Crippen MR) is 118 cm³/mol. The zero-order valence-corrected chi connectivity index (χ0v) is 19.1. The first-order valence-electron chi connectivity index (χ1n) is 10.00. The highest BCUT2D eigenvalue weighted by atomic mass is 35.5. The van der Waals surface area contributed by atoms with E-state index in [0.717, 1.165) is 25.5 Å². The second-order valence-electron chi connectivity index (χ2n) is 7.91. The Morgan fingerprint density at radius 3 is 2.58 bits per heavy atom. The van der Waals surface area contributed by atoms with Crippen molar-refractivity contribution in [2.75, 3.05) is 25.9 Å². The van der Waals surface area contributed by atoms with Crippen molar-refractivity contribution in [2.24, 2.45) is 0 Å². The van der Waals surface area contributed by atoms with Crippen LogP contribution >= 0.6 is 23.2 Å². The minimum absolute atomic E-state index is 0.0300. The molecule has 0 amide bonds. The summed E-state index contributed by atoms with van der Waals surface area (Å²) in [6.45, 7) is 2.40. The third-order valence-corrected chi connectivity index (χ3v) is 6.24. The van der Waals surface area contributed by atoms with Crippen molar-refractivity contribution in [3.63, 3.8) is 0 Å². The van der Waals surface area contributed by atoms with Gasteiger partial charge in [0.2, 0.25) is 0 Å². The van der Waals surface area contributed by atoms with Gasteiger partial charge in [0.05, 0.1) is 21.8 Å². The summed E-state index contributed by atoms with van der Waals surface area (Å²) < 4.78 is 62.7. The van der Waals surface area contributed by atoms with Crippen molar-refractivity contribution >= 4 is 39.9 Å². The molecule has 0 unspecified atom stereocenters. The molecule has 0 aliphatic carbocycles. The molecule has 0 bridgehead atoms. The number of aryl methyl sites for hydroxylation is 1. The number of nitrogens with zero attached hydrogens (tertiary/aromatic N) is 4. The molecule has 1 fully saturated rings. The van der Waals surface area contributed by atoms with Gasteiger partial charge in [0.25, 0.3) is 0 Å². The molecule has 3 aromatic rings. The molecule has 0 spiro atoms. The molecule has 2 aromatic heterocycles. The van der Waals surface area contributed by atoms with E-state index in [-0.39, 0.29) is 51.1 Å². The minimum Gasteiger partial charge on any atom is -0.462 e. The fourth-order valence-electron chi connectivity index (χ4n) is 4.02. The van der Waals surface area contributed by atoms with E-state index in [1.165, 1.54) is 13.0 Å². The highest BCUT2D eigenvalue weighted by Gasteiger charge is 2.38. The molecule has 2 N–H and O–H groups in total. The van der Waals surface area contributed by atoms with Gasteiger partial charge in [0, 0.05) is 11.4 Å². The van der Waals surface area contributed by atoms with Crippen LogP contribution < -0.4 is 10.5 Å². The lowest BCUT2D eigenvalue weighted by Crippen LogP contribution is -2.30. The molecule has 0 radical (unpaired) electrons. The number of pyridine rings is 1. The number of rotatable bonds is 4. The van der Waals surface area contributed by atoms with Crippen LogP contribution in [0.25, 0.3) is 22.2 Å². The van der Waals surface area contributed by atoms with Crippen LogP contribution in [0.4, 0.5) is 23.4 Å². The van der Waals surface area contributed by atoms with E-state index < -0.39 is 28.8 Å². The summed E-state index contributed by atoms with van der Waals surface area (Å²) in [5.74, 6) is -1.34. The standard InChI is InChI=1S/C21H19Cl2F4N5O/c1-9-6-13(28)29-18(15(9)21(25,26)27)14-12(22)7-11-17(16(14)24)30-20(31-19(11)23)33-8-10-4-3-5-32(10)2/h6-7,10H,3-5,8H2,1-2H3,(H2,28,29)/t10-/m0/s1. The number of benzene rings is 1. The van der Waals surface area contributed by atoms with Crippen molar-refractivity contribution < 1.29 is 22.3 Å². The Labute approximate surface area is 196 Å². The Hall–Kier alpha value is -2.43. The van der Waals surface area contributed by atoms with Gasteiger partial charge >= 0.3 is 12.2 Å². The van der Waals surface area contributed by atoms with E-state index in [9.17, 15) is 13.2 Å². The maximum absolute atomic E-state index is 15.7. The molecule has 3 heterocycles. The number of aromatic nitrogens is 3. The lowest BCUT2D eigenvalue weighted by Gasteiger charge is -2.19. The van der Waals surface area contributed by atoms with E-state index in [1.54, 1.807) is 0 Å². The molecule has 1 saturated heterocycles. The lowest BCUT2D eigenvalue weighted by atomic mass is 9.99. The maximum atomic E-state index is 15.7. The van der Waals surface area contributed by atoms with Gasteiger partial charge in [0.1, 0.15) is 23.1 Å². The molecule has 0 saturated carbocycles. The summed E-state index contributed by atoms with van der Waals surface area (Å²) in [5, 5.41) is -0.452. The van der Waals surface area contributed by atoms with Gasteiger partial charge in [-0.3, -0.25) is 0 Å². The summed E-state index contributed by atoms with van der Waals surface area (Å²) in [5.41, 5.74) is 2.67. The largest absolute Gasteiger partial charge is 0.462 e. The van der Waals surface area contributed by atoms with Crippen LogP contribution in [0.1, 0.15) is 24.0 Å². The second-order valence-corrected chi connectivity index (χ2v) is 8.68. The number of anilines is 1. The Kier molecular flexibility index (Phi) is 6.28. The average Bonchev–Trinajstić information content (AvgIpc) is 3.10. The average molecular weight is 504 g/mol. The monoisotopic (exact) mass is 503 g/mol. The van der Waals surface area contributed by atoms with E-state index in [4.69, 9.17) is 33.7 Å². The smallest absolute Gasteiger partial charge is 0.418 e. The lowest BCUT2D eigenvalue weighted by molar-refractivity contribution is -0.137. The summed E-state index contributed by atoms with van der Waals surface area (Å²) in [4.78, 5) is 14.0. The number of alkyl halides is 3. The number of likely N-dealkylation sites (tertiary alicyclic amines) is 1. The molecule has 4 rings (SSSR count). The SMILES string of the molecule is Cc1cc(N)nc(-c2c(Cl)cc3c(Cl)nc(OC[C@@H]4CCCN4C)nc3c2F)c1C(F)(F)F. The summed E-state index contributed by atoms with van der Waals surface area (Å²) in [6.07, 6.45) is -2.88. The Bertz CT molecular complexity index is 1240. The quantitative estimate of drug-likeness (QED) is 0.373. The van der Waals surface area contributed by atoms with Crippen LogP contribution in [0, 0.1) is 12.7 Å². The van der Waals surface area contributed by atoms with Crippen molar-refractivity contribution in [3.05, 3.63) is 39.3 Å². The van der Waals surface area contributed by atoms with E-state index in [2.05, 4.69) is 19.9 Å². The minimum atomic E-state index is -4.82. The number of likely N-dealkylation sites (N-methyl/N-ethyl adjacent to an activating group) is 1. The molecule has 6 nitrogen and oxygen atoms in total. The number of fused-ring (bicyclic) bond motifs is 1. The predicted octanol–water partition coefficient (Wildman–Crippen LogP) is 5.52. The van der Waals surface area contributed by atoms with Crippen molar-refractivity contribution in [1.29, 1.82) is 0 Å². The van der Waals surface area contributed by atoms with Gasteiger partial charge in [0.15, 0.2) is 5.82 Å². The first kappa shape index (κ1) is 23.7. The summed E-state index contributed by atoms with van der Waals surface area (Å²) >= 11 is 12.4. The van der Waals surface area contributed by atoms with Gasteiger partial charge in [-0.15, -0.1) is 0 Å². The number of nitrogen functional groups attached to an aromatic ring is 1. The van der Waals surface area contributed by atoms with Crippen molar-refractivity contribution in [1.82, 2.24) is 19.9 Å². The topological polar surface area (TPSA) is 77.2 Å². The first-order valence-corrected chi connectivity index (χ1v) is 10.8. The molecule has 176 valence electrons. The maximum Gasteiger partial charge on any atom is 0.418 e. The van der Waals surface area contributed by atoms with Gasteiger partial charge in [-0.2, -0.15) is 23.1 Å². The number of nitrogens with two attached hydrogens (primary N) is 1. The van der Waals surface area contributed by atoms with Crippen molar-refractivity contribution in [3.8, 4) is 17.3 Å². The van der Waals surface area contributed by atoms with Crippen LogP contribution in [0.5, 0.6) is 6.01 Å². The van der Waals surface area contributed by atoms with Crippen LogP contribution in [-0.4, -0.2) is 46.1 Å². The normalized spacial score (nSPS) is 17.2.